The Morgan fingerprint density at radius 2 is 2.00 bits per heavy atom. The molecule has 0 fully saturated rings. The van der Waals surface area contributed by atoms with E-state index in [-0.39, 0.29) is 5.78 Å². The summed E-state index contributed by atoms with van der Waals surface area (Å²) in [5, 5.41) is 4.08. The molecule has 0 aliphatic heterocycles. The van der Waals surface area contributed by atoms with Crippen LogP contribution in [-0.4, -0.2) is 15.6 Å². The molecule has 0 unspecified atom stereocenters. The third-order valence-corrected chi connectivity index (χ3v) is 3.32. The molecule has 0 amide bonds. The summed E-state index contributed by atoms with van der Waals surface area (Å²) in [5.41, 5.74) is 3.87. The van der Waals surface area contributed by atoms with Gasteiger partial charge in [-0.1, -0.05) is 37.3 Å². The lowest BCUT2D eigenvalue weighted by Crippen LogP contribution is -1.98. The van der Waals surface area contributed by atoms with Crippen molar-refractivity contribution in [3.63, 3.8) is 0 Å². The SMILES string of the molecule is CCc1ccc(/C=C/C(=O)c2cnn(C)c2C)cc1. The minimum absolute atomic E-state index is 0.00910. The molecule has 0 spiro atoms. The molecule has 3 heteroatoms. The van der Waals surface area contributed by atoms with Crippen LogP contribution < -0.4 is 0 Å². The van der Waals surface area contributed by atoms with Crippen LogP contribution >= 0.6 is 0 Å². The highest BCUT2D eigenvalue weighted by Gasteiger charge is 2.09. The highest BCUT2D eigenvalue weighted by Crippen LogP contribution is 2.10. The van der Waals surface area contributed by atoms with E-state index in [0.29, 0.717) is 5.56 Å². The van der Waals surface area contributed by atoms with Gasteiger partial charge in [0.05, 0.1) is 11.8 Å². The number of ketones is 1. The average molecular weight is 254 g/mol. The van der Waals surface area contributed by atoms with Crippen molar-refractivity contribution in [3.8, 4) is 0 Å². The fraction of sp³-hybridized carbons (Fsp3) is 0.250. The van der Waals surface area contributed by atoms with Gasteiger partial charge in [-0.2, -0.15) is 5.10 Å². The molecule has 0 aliphatic rings. The Bertz CT molecular complexity index is 606. The zero-order valence-corrected chi connectivity index (χ0v) is 11.6. The second kappa shape index (κ2) is 5.65. The number of aryl methyl sites for hydroxylation is 2. The zero-order valence-electron chi connectivity index (χ0n) is 11.6. The van der Waals surface area contributed by atoms with Crippen LogP contribution in [0.5, 0.6) is 0 Å². The van der Waals surface area contributed by atoms with Crippen molar-refractivity contribution >= 4 is 11.9 Å². The van der Waals surface area contributed by atoms with E-state index in [2.05, 4.69) is 24.2 Å². The zero-order chi connectivity index (χ0) is 13.8. The molecule has 0 bridgehead atoms. The molecule has 2 rings (SSSR count). The van der Waals surface area contributed by atoms with Gasteiger partial charge in [-0.3, -0.25) is 9.48 Å². The third kappa shape index (κ3) is 2.99. The summed E-state index contributed by atoms with van der Waals surface area (Å²) >= 11 is 0. The van der Waals surface area contributed by atoms with Crippen molar-refractivity contribution in [1.82, 2.24) is 9.78 Å². The number of rotatable bonds is 4. The van der Waals surface area contributed by atoms with Gasteiger partial charge in [-0.25, -0.2) is 0 Å². The Morgan fingerprint density at radius 3 is 2.53 bits per heavy atom. The monoisotopic (exact) mass is 254 g/mol. The standard InChI is InChI=1S/C16H18N2O/c1-4-13-5-7-14(8-6-13)9-10-16(19)15-11-17-18(3)12(15)2/h5-11H,4H2,1-3H3/b10-9+. The molecule has 1 aromatic carbocycles. The number of hydrogen-bond donors (Lipinski definition) is 0. The van der Waals surface area contributed by atoms with Crippen LogP contribution in [-0.2, 0) is 13.5 Å². The van der Waals surface area contributed by atoms with Gasteiger partial charge in [0.2, 0.25) is 0 Å². The van der Waals surface area contributed by atoms with Gasteiger partial charge < -0.3 is 0 Å². The van der Waals surface area contributed by atoms with E-state index in [1.54, 1.807) is 17.0 Å². The predicted molar refractivity (Wildman–Crippen MR) is 77.1 cm³/mol. The third-order valence-electron chi connectivity index (χ3n) is 3.32. The molecular formula is C16H18N2O. The van der Waals surface area contributed by atoms with Gasteiger partial charge in [-0.15, -0.1) is 0 Å². The summed E-state index contributed by atoms with van der Waals surface area (Å²) in [6.07, 6.45) is 6.08. The molecule has 0 saturated heterocycles. The number of hydrogen-bond acceptors (Lipinski definition) is 2. The summed E-state index contributed by atoms with van der Waals surface area (Å²) in [6, 6.07) is 8.22. The van der Waals surface area contributed by atoms with Crippen LogP contribution in [0.1, 0.15) is 34.1 Å². The number of nitrogens with zero attached hydrogens (tertiary/aromatic N) is 2. The largest absolute Gasteiger partial charge is 0.289 e. The quantitative estimate of drug-likeness (QED) is 0.620. The number of carbonyl (C=O) groups excluding carboxylic acids is 1. The van der Waals surface area contributed by atoms with Crippen LogP contribution in [0.2, 0.25) is 0 Å². The summed E-state index contributed by atoms with van der Waals surface area (Å²) in [7, 11) is 1.83. The molecule has 3 nitrogen and oxygen atoms in total. The lowest BCUT2D eigenvalue weighted by molar-refractivity contribution is 0.104. The Morgan fingerprint density at radius 1 is 1.32 bits per heavy atom. The lowest BCUT2D eigenvalue weighted by atomic mass is 10.1. The van der Waals surface area contributed by atoms with Crippen LogP contribution in [0.25, 0.3) is 6.08 Å². The van der Waals surface area contributed by atoms with Gasteiger partial charge in [0.15, 0.2) is 5.78 Å². The molecular weight excluding hydrogens is 236 g/mol. The first kappa shape index (κ1) is 13.3. The number of aromatic nitrogens is 2. The summed E-state index contributed by atoms with van der Waals surface area (Å²) in [5.74, 6) is -0.00910. The van der Waals surface area contributed by atoms with Crippen LogP contribution in [0.3, 0.4) is 0 Å². The first-order valence-corrected chi connectivity index (χ1v) is 6.41. The molecule has 0 aliphatic carbocycles. The maximum Gasteiger partial charge on any atom is 0.189 e. The predicted octanol–water partition coefficient (Wildman–Crippen LogP) is 3.19. The maximum atomic E-state index is 12.0. The van der Waals surface area contributed by atoms with Crippen molar-refractivity contribution < 1.29 is 4.79 Å². The average Bonchev–Trinajstić information content (AvgIpc) is 2.77. The number of carbonyl (C=O) groups is 1. The fourth-order valence-electron chi connectivity index (χ4n) is 1.87. The molecule has 98 valence electrons. The van der Waals surface area contributed by atoms with Crippen LogP contribution in [0.15, 0.2) is 36.5 Å². The topological polar surface area (TPSA) is 34.9 Å². The van der Waals surface area contributed by atoms with Crippen molar-refractivity contribution in [2.24, 2.45) is 7.05 Å². The van der Waals surface area contributed by atoms with Crippen LogP contribution in [0.4, 0.5) is 0 Å². The Labute approximate surface area is 113 Å². The van der Waals surface area contributed by atoms with Gasteiger partial charge in [-0.05, 0) is 30.5 Å². The van der Waals surface area contributed by atoms with E-state index >= 15 is 0 Å². The molecule has 0 saturated carbocycles. The van der Waals surface area contributed by atoms with E-state index < -0.39 is 0 Å². The van der Waals surface area contributed by atoms with E-state index in [1.165, 1.54) is 5.56 Å². The van der Waals surface area contributed by atoms with Gasteiger partial charge in [0, 0.05) is 12.7 Å². The van der Waals surface area contributed by atoms with E-state index in [4.69, 9.17) is 0 Å². The second-order valence-corrected chi connectivity index (χ2v) is 4.56. The van der Waals surface area contributed by atoms with E-state index in [0.717, 1.165) is 17.7 Å². The molecule has 0 radical (unpaired) electrons. The Balaban J connectivity index is 2.13. The highest BCUT2D eigenvalue weighted by atomic mass is 16.1. The minimum Gasteiger partial charge on any atom is -0.289 e. The van der Waals surface area contributed by atoms with Crippen molar-refractivity contribution in [1.29, 1.82) is 0 Å². The molecule has 0 atom stereocenters. The van der Waals surface area contributed by atoms with E-state index in [9.17, 15) is 4.79 Å². The number of benzene rings is 1. The molecule has 2 aromatic rings. The van der Waals surface area contributed by atoms with Gasteiger partial charge >= 0.3 is 0 Å². The summed E-state index contributed by atoms with van der Waals surface area (Å²) < 4.78 is 1.71. The van der Waals surface area contributed by atoms with Crippen molar-refractivity contribution in [2.75, 3.05) is 0 Å². The van der Waals surface area contributed by atoms with Crippen molar-refractivity contribution in [3.05, 3.63) is 58.9 Å². The van der Waals surface area contributed by atoms with Gasteiger partial charge in [0.25, 0.3) is 0 Å². The first-order valence-electron chi connectivity index (χ1n) is 6.41. The maximum absolute atomic E-state index is 12.0. The lowest BCUT2D eigenvalue weighted by Gasteiger charge is -1.98. The molecule has 1 aromatic heterocycles. The van der Waals surface area contributed by atoms with E-state index in [1.807, 2.05) is 32.2 Å². The smallest absolute Gasteiger partial charge is 0.189 e. The highest BCUT2D eigenvalue weighted by molar-refractivity contribution is 6.07. The molecule has 19 heavy (non-hydrogen) atoms. The summed E-state index contributed by atoms with van der Waals surface area (Å²) in [4.78, 5) is 12.0. The first-order chi connectivity index (χ1) is 9.11. The Hall–Kier alpha value is -2.16. The fourth-order valence-corrected chi connectivity index (χ4v) is 1.87. The van der Waals surface area contributed by atoms with Crippen LogP contribution in [0, 0.1) is 6.92 Å². The second-order valence-electron chi connectivity index (χ2n) is 4.56. The minimum atomic E-state index is -0.00910. The Kier molecular flexibility index (Phi) is 3.95. The molecule has 0 N–H and O–H groups in total. The van der Waals surface area contributed by atoms with Gasteiger partial charge in [0.1, 0.15) is 0 Å². The normalized spacial score (nSPS) is 11.1. The molecule has 1 heterocycles. The number of allylic oxidation sites excluding steroid dienone is 1. The summed E-state index contributed by atoms with van der Waals surface area (Å²) in [6.45, 7) is 4.02. The van der Waals surface area contributed by atoms with Crippen molar-refractivity contribution in [2.45, 2.75) is 20.3 Å².